The number of ether oxygens (including phenoxy) is 2. The minimum absolute atomic E-state index is 0.252. The molecule has 5 nitrogen and oxygen atoms in total. The largest absolute Gasteiger partial charge is 0.493 e. The molecule has 0 aromatic heterocycles. The quantitative estimate of drug-likeness (QED) is 0.739. The molecule has 1 saturated heterocycles. The van der Waals surface area contributed by atoms with E-state index < -0.39 is 0 Å². The van der Waals surface area contributed by atoms with Crippen molar-refractivity contribution in [2.75, 3.05) is 19.7 Å². The predicted molar refractivity (Wildman–Crippen MR) is 98.2 cm³/mol. The number of carbonyl (C=O) groups excluding carboxylic acids is 2. The van der Waals surface area contributed by atoms with Crippen molar-refractivity contribution in [3.63, 3.8) is 0 Å². The summed E-state index contributed by atoms with van der Waals surface area (Å²) in [6.07, 6.45) is 2.36. The van der Waals surface area contributed by atoms with Gasteiger partial charge >= 0.3 is 6.09 Å². The summed E-state index contributed by atoms with van der Waals surface area (Å²) in [5, 5.41) is 0. The number of amides is 1. The Bertz CT molecular complexity index is 707. The molecule has 0 bridgehead atoms. The van der Waals surface area contributed by atoms with E-state index in [1.807, 2.05) is 30.3 Å². The molecule has 26 heavy (non-hydrogen) atoms. The fraction of sp³-hybridized carbons (Fsp3) is 0.333. The highest BCUT2D eigenvalue weighted by Crippen LogP contribution is 2.20. The van der Waals surface area contributed by atoms with E-state index in [9.17, 15) is 9.59 Å². The third-order valence-corrected chi connectivity index (χ3v) is 4.58. The fourth-order valence-electron chi connectivity index (χ4n) is 2.95. The number of aldehydes is 1. The summed E-state index contributed by atoms with van der Waals surface area (Å²) >= 11 is 0. The average molecular weight is 353 g/mol. The van der Waals surface area contributed by atoms with Crippen LogP contribution in [0.15, 0.2) is 54.6 Å². The molecule has 3 rings (SSSR count). The summed E-state index contributed by atoms with van der Waals surface area (Å²) in [5.74, 6) is 1.18. The molecule has 0 radical (unpaired) electrons. The van der Waals surface area contributed by atoms with Gasteiger partial charge in [-0.3, -0.25) is 4.79 Å². The van der Waals surface area contributed by atoms with Crippen molar-refractivity contribution in [1.29, 1.82) is 0 Å². The smallest absolute Gasteiger partial charge is 0.410 e. The molecule has 1 aliphatic rings. The third kappa shape index (κ3) is 5.09. The van der Waals surface area contributed by atoms with Gasteiger partial charge in [0.2, 0.25) is 0 Å². The molecule has 136 valence electrons. The van der Waals surface area contributed by atoms with Crippen LogP contribution in [0, 0.1) is 5.92 Å². The molecule has 0 saturated carbocycles. The number of likely N-dealkylation sites (tertiary alicyclic amines) is 1. The number of hydrogen-bond donors (Lipinski definition) is 0. The van der Waals surface area contributed by atoms with Crippen molar-refractivity contribution in [3.05, 3.63) is 65.7 Å². The second-order valence-corrected chi connectivity index (χ2v) is 6.47. The number of benzene rings is 2. The van der Waals surface area contributed by atoms with E-state index in [0.717, 1.165) is 30.4 Å². The van der Waals surface area contributed by atoms with E-state index in [1.54, 1.807) is 29.2 Å². The van der Waals surface area contributed by atoms with Crippen molar-refractivity contribution >= 4 is 12.4 Å². The molecule has 5 heteroatoms. The Labute approximate surface area is 153 Å². The van der Waals surface area contributed by atoms with Gasteiger partial charge in [0.15, 0.2) is 0 Å². The highest BCUT2D eigenvalue weighted by atomic mass is 16.6. The Kier molecular flexibility index (Phi) is 6.25. The summed E-state index contributed by atoms with van der Waals surface area (Å²) in [7, 11) is 0. The first-order valence-electron chi connectivity index (χ1n) is 8.88. The van der Waals surface area contributed by atoms with E-state index in [-0.39, 0.29) is 6.09 Å². The Balaban J connectivity index is 1.37. The van der Waals surface area contributed by atoms with Crippen LogP contribution in [0.2, 0.25) is 0 Å². The van der Waals surface area contributed by atoms with Gasteiger partial charge in [-0.2, -0.15) is 0 Å². The monoisotopic (exact) mass is 353 g/mol. The van der Waals surface area contributed by atoms with Gasteiger partial charge in [-0.1, -0.05) is 30.3 Å². The van der Waals surface area contributed by atoms with Gasteiger partial charge < -0.3 is 14.4 Å². The van der Waals surface area contributed by atoms with Gasteiger partial charge in [-0.05, 0) is 48.6 Å². The number of piperidine rings is 1. The lowest BCUT2D eigenvalue weighted by atomic mass is 9.98. The van der Waals surface area contributed by atoms with Crippen LogP contribution in [0.1, 0.15) is 28.8 Å². The first kappa shape index (κ1) is 18.0. The van der Waals surface area contributed by atoms with Crippen LogP contribution < -0.4 is 4.74 Å². The Morgan fingerprint density at radius 1 is 1.04 bits per heavy atom. The average Bonchev–Trinajstić information content (AvgIpc) is 2.72. The Hall–Kier alpha value is -2.82. The van der Waals surface area contributed by atoms with Gasteiger partial charge in [0.1, 0.15) is 18.6 Å². The van der Waals surface area contributed by atoms with Crippen LogP contribution in [0.3, 0.4) is 0 Å². The van der Waals surface area contributed by atoms with Crippen LogP contribution in [0.5, 0.6) is 5.75 Å². The van der Waals surface area contributed by atoms with Gasteiger partial charge in [0.05, 0.1) is 6.61 Å². The highest BCUT2D eigenvalue weighted by molar-refractivity contribution is 5.74. The van der Waals surface area contributed by atoms with Gasteiger partial charge in [0.25, 0.3) is 0 Å². The summed E-state index contributed by atoms with van der Waals surface area (Å²) in [6.45, 7) is 2.30. The van der Waals surface area contributed by atoms with Gasteiger partial charge in [-0.15, -0.1) is 0 Å². The maximum atomic E-state index is 12.2. The summed E-state index contributed by atoms with van der Waals surface area (Å²) < 4.78 is 11.2. The molecular formula is C21H23NO4. The maximum Gasteiger partial charge on any atom is 0.410 e. The molecule has 1 amide bonds. The minimum Gasteiger partial charge on any atom is -0.493 e. The number of carbonyl (C=O) groups is 2. The first-order valence-corrected chi connectivity index (χ1v) is 8.88. The van der Waals surface area contributed by atoms with E-state index in [4.69, 9.17) is 9.47 Å². The van der Waals surface area contributed by atoms with E-state index >= 15 is 0 Å². The molecule has 1 aliphatic heterocycles. The number of nitrogens with zero attached hydrogens (tertiary/aromatic N) is 1. The molecule has 1 fully saturated rings. The van der Waals surface area contributed by atoms with E-state index in [1.165, 1.54) is 0 Å². The van der Waals surface area contributed by atoms with Crippen molar-refractivity contribution in [3.8, 4) is 5.75 Å². The lowest BCUT2D eigenvalue weighted by Crippen LogP contribution is -2.39. The molecule has 1 heterocycles. The van der Waals surface area contributed by atoms with Crippen molar-refractivity contribution in [1.82, 2.24) is 4.90 Å². The second kappa shape index (κ2) is 9.04. The molecule has 0 aliphatic carbocycles. The van der Waals surface area contributed by atoms with Crippen molar-refractivity contribution in [2.45, 2.75) is 19.4 Å². The van der Waals surface area contributed by atoms with Gasteiger partial charge in [-0.25, -0.2) is 4.79 Å². The molecule has 0 N–H and O–H groups in total. The van der Waals surface area contributed by atoms with Crippen molar-refractivity contribution in [2.24, 2.45) is 5.92 Å². The minimum atomic E-state index is -0.252. The van der Waals surface area contributed by atoms with E-state index in [2.05, 4.69) is 0 Å². The molecule has 0 unspecified atom stereocenters. The van der Waals surface area contributed by atoms with Crippen LogP contribution in [0.4, 0.5) is 4.79 Å². The first-order chi connectivity index (χ1) is 12.7. The number of rotatable bonds is 6. The SMILES string of the molecule is O=Cc1ccc(OCC2CCN(C(=O)OCc3ccccc3)CC2)cc1. The Morgan fingerprint density at radius 3 is 2.38 bits per heavy atom. The lowest BCUT2D eigenvalue weighted by Gasteiger charge is -2.31. The highest BCUT2D eigenvalue weighted by Gasteiger charge is 2.24. The molecule has 2 aromatic carbocycles. The fourth-order valence-corrected chi connectivity index (χ4v) is 2.95. The molecular weight excluding hydrogens is 330 g/mol. The topological polar surface area (TPSA) is 55.8 Å². The van der Waals surface area contributed by atoms with Crippen LogP contribution in [-0.2, 0) is 11.3 Å². The molecule has 0 spiro atoms. The second-order valence-electron chi connectivity index (χ2n) is 6.47. The van der Waals surface area contributed by atoms with E-state index in [0.29, 0.717) is 37.8 Å². The third-order valence-electron chi connectivity index (χ3n) is 4.58. The maximum absolute atomic E-state index is 12.2. The standard InChI is InChI=1S/C21H23NO4/c23-14-17-6-8-20(9-7-17)25-15-19-10-12-22(13-11-19)21(24)26-16-18-4-2-1-3-5-18/h1-9,14,19H,10-13,15-16H2. The zero-order chi connectivity index (χ0) is 18.2. The van der Waals surface area contributed by atoms with Crippen LogP contribution in [0.25, 0.3) is 0 Å². The zero-order valence-electron chi connectivity index (χ0n) is 14.7. The van der Waals surface area contributed by atoms with Crippen molar-refractivity contribution < 1.29 is 19.1 Å². The van der Waals surface area contributed by atoms with Gasteiger partial charge in [0, 0.05) is 18.7 Å². The van der Waals surface area contributed by atoms with Crippen LogP contribution in [-0.4, -0.2) is 37.0 Å². The molecule has 0 atom stereocenters. The predicted octanol–water partition coefficient (Wildman–Crippen LogP) is 3.93. The summed E-state index contributed by atoms with van der Waals surface area (Å²) in [6, 6.07) is 16.8. The van der Waals surface area contributed by atoms with Crippen LogP contribution >= 0.6 is 0 Å². The molecule has 2 aromatic rings. The summed E-state index contributed by atoms with van der Waals surface area (Å²) in [4.78, 5) is 24.6. The normalized spacial score (nSPS) is 14.7. The lowest BCUT2D eigenvalue weighted by molar-refractivity contribution is 0.0761. The summed E-state index contributed by atoms with van der Waals surface area (Å²) in [5.41, 5.74) is 1.63. The zero-order valence-corrected chi connectivity index (χ0v) is 14.7. The number of hydrogen-bond acceptors (Lipinski definition) is 4. The Morgan fingerprint density at radius 2 is 1.73 bits per heavy atom.